The Bertz CT molecular complexity index is 456. The Morgan fingerprint density at radius 2 is 2.39 bits per heavy atom. The van der Waals surface area contributed by atoms with Crippen LogP contribution in [0.1, 0.15) is 5.56 Å². The minimum atomic E-state index is -0.162. The number of nitrogens with two attached hydrogens (primary N) is 1. The second kappa shape index (κ2) is 5.84. The van der Waals surface area contributed by atoms with Gasteiger partial charge in [0.25, 0.3) is 0 Å². The van der Waals surface area contributed by atoms with Crippen molar-refractivity contribution >= 4 is 34.5 Å². The van der Waals surface area contributed by atoms with Crippen LogP contribution in [0.4, 0.5) is 5.69 Å². The highest BCUT2D eigenvalue weighted by Crippen LogP contribution is 2.28. The Hall–Kier alpha value is -0.880. The van der Waals surface area contributed by atoms with Gasteiger partial charge in [0.15, 0.2) is 0 Å². The number of halogens is 1. The van der Waals surface area contributed by atoms with Crippen molar-refractivity contribution in [1.29, 1.82) is 0 Å². The maximum absolute atomic E-state index is 9.12. The molecular formula is C12H15ClN2O2S. The number of benzene rings is 1. The van der Waals surface area contributed by atoms with Crippen LogP contribution in [0.15, 0.2) is 18.2 Å². The Morgan fingerprint density at radius 1 is 1.61 bits per heavy atom. The number of rotatable bonds is 3. The highest BCUT2D eigenvalue weighted by atomic mass is 35.5. The van der Waals surface area contributed by atoms with Gasteiger partial charge in [0.1, 0.15) is 4.99 Å². The molecule has 18 heavy (non-hydrogen) atoms. The Morgan fingerprint density at radius 3 is 3.00 bits per heavy atom. The Balaban J connectivity index is 2.20. The van der Waals surface area contributed by atoms with Gasteiger partial charge in [-0.2, -0.15) is 0 Å². The van der Waals surface area contributed by atoms with Crippen LogP contribution >= 0.6 is 23.8 Å². The SMILES string of the molecule is NC(=S)c1ccc(N2CCOC(CO)C2)c(Cl)c1. The third kappa shape index (κ3) is 2.92. The number of thiocarbonyl (C=S) groups is 1. The molecule has 0 saturated carbocycles. The molecule has 0 aliphatic carbocycles. The summed E-state index contributed by atoms with van der Waals surface area (Å²) in [5.41, 5.74) is 7.23. The summed E-state index contributed by atoms with van der Waals surface area (Å²) in [5, 5.41) is 9.73. The summed E-state index contributed by atoms with van der Waals surface area (Å²) >= 11 is 11.1. The smallest absolute Gasteiger partial charge is 0.104 e. The molecule has 98 valence electrons. The third-order valence-corrected chi connectivity index (χ3v) is 3.45. The first-order chi connectivity index (χ1) is 8.61. The number of nitrogens with zero attached hydrogens (tertiary/aromatic N) is 1. The molecule has 6 heteroatoms. The maximum atomic E-state index is 9.12. The average Bonchev–Trinajstić information content (AvgIpc) is 2.38. The van der Waals surface area contributed by atoms with Gasteiger partial charge >= 0.3 is 0 Å². The molecule has 1 aromatic carbocycles. The summed E-state index contributed by atoms with van der Waals surface area (Å²) in [6.07, 6.45) is -0.162. The highest BCUT2D eigenvalue weighted by molar-refractivity contribution is 7.80. The molecule has 0 amide bonds. The van der Waals surface area contributed by atoms with Crippen LogP contribution in [0.3, 0.4) is 0 Å². The quantitative estimate of drug-likeness (QED) is 0.817. The van der Waals surface area contributed by atoms with Crippen LogP contribution in [0.25, 0.3) is 0 Å². The van der Waals surface area contributed by atoms with E-state index in [1.807, 2.05) is 12.1 Å². The first kappa shape index (κ1) is 13.5. The third-order valence-electron chi connectivity index (χ3n) is 2.92. The van der Waals surface area contributed by atoms with Crippen molar-refractivity contribution < 1.29 is 9.84 Å². The lowest BCUT2D eigenvalue weighted by Gasteiger charge is -2.34. The maximum Gasteiger partial charge on any atom is 0.104 e. The van der Waals surface area contributed by atoms with Gasteiger partial charge in [-0.1, -0.05) is 23.8 Å². The van der Waals surface area contributed by atoms with Crippen LogP contribution in [0.2, 0.25) is 5.02 Å². The molecule has 0 radical (unpaired) electrons. The number of hydrogen-bond donors (Lipinski definition) is 2. The topological polar surface area (TPSA) is 58.7 Å². The monoisotopic (exact) mass is 286 g/mol. The minimum absolute atomic E-state index is 0.0130. The number of anilines is 1. The van der Waals surface area contributed by atoms with E-state index < -0.39 is 0 Å². The molecule has 1 aliphatic rings. The molecule has 1 heterocycles. The van der Waals surface area contributed by atoms with Crippen molar-refractivity contribution in [3.8, 4) is 0 Å². The molecule has 1 atom stereocenters. The first-order valence-electron chi connectivity index (χ1n) is 5.68. The molecular weight excluding hydrogens is 272 g/mol. The lowest BCUT2D eigenvalue weighted by atomic mass is 10.1. The number of ether oxygens (including phenoxy) is 1. The standard InChI is InChI=1S/C12H15ClN2O2S/c13-10-5-8(12(14)18)1-2-11(10)15-3-4-17-9(6-15)7-16/h1-2,5,9,16H,3-4,6-7H2,(H2,14,18). The van der Waals surface area contributed by atoms with Gasteiger partial charge in [-0.15, -0.1) is 0 Å². The fraction of sp³-hybridized carbons (Fsp3) is 0.417. The molecule has 1 unspecified atom stereocenters. The van der Waals surface area contributed by atoms with Crippen LogP contribution in [-0.2, 0) is 4.74 Å². The van der Waals surface area contributed by atoms with E-state index in [1.165, 1.54) is 0 Å². The molecule has 1 fully saturated rings. The summed E-state index contributed by atoms with van der Waals surface area (Å²) in [4.78, 5) is 2.43. The van der Waals surface area contributed by atoms with Crippen LogP contribution in [-0.4, -0.2) is 42.5 Å². The summed E-state index contributed by atoms with van der Waals surface area (Å²) < 4.78 is 5.41. The van der Waals surface area contributed by atoms with Gasteiger partial charge in [0.05, 0.1) is 30.0 Å². The lowest BCUT2D eigenvalue weighted by molar-refractivity contribution is 0.00357. The van der Waals surface area contributed by atoms with E-state index in [2.05, 4.69) is 4.90 Å². The summed E-state index contributed by atoms with van der Waals surface area (Å²) in [7, 11) is 0. The molecule has 0 spiro atoms. The van der Waals surface area contributed by atoms with Gasteiger partial charge < -0.3 is 20.5 Å². The van der Waals surface area contributed by atoms with Gasteiger partial charge in [-0.05, 0) is 18.2 Å². The normalized spacial score (nSPS) is 19.9. The van der Waals surface area contributed by atoms with E-state index in [4.69, 9.17) is 39.4 Å². The zero-order chi connectivity index (χ0) is 13.1. The largest absolute Gasteiger partial charge is 0.394 e. The predicted octanol–water partition coefficient (Wildman–Crippen LogP) is 1.17. The summed E-state index contributed by atoms with van der Waals surface area (Å²) in [6.45, 7) is 1.98. The van der Waals surface area contributed by atoms with Gasteiger partial charge in [0.2, 0.25) is 0 Å². The number of morpholine rings is 1. The zero-order valence-electron chi connectivity index (χ0n) is 9.80. The predicted molar refractivity (Wildman–Crippen MR) is 76.4 cm³/mol. The molecule has 0 aromatic heterocycles. The van der Waals surface area contributed by atoms with Gasteiger partial charge in [-0.3, -0.25) is 0 Å². The fourth-order valence-corrected chi connectivity index (χ4v) is 2.39. The molecule has 0 bridgehead atoms. The summed E-state index contributed by atoms with van der Waals surface area (Å²) in [6, 6.07) is 5.52. The molecule has 2 rings (SSSR count). The van der Waals surface area contributed by atoms with E-state index in [0.717, 1.165) is 17.8 Å². The van der Waals surface area contributed by atoms with E-state index in [9.17, 15) is 0 Å². The van der Waals surface area contributed by atoms with Crippen molar-refractivity contribution in [2.45, 2.75) is 6.10 Å². The Labute approximate surface area is 116 Å². The van der Waals surface area contributed by atoms with Crippen molar-refractivity contribution in [1.82, 2.24) is 0 Å². The van der Waals surface area contributed by atoms with Crippen LogP contribution in [0.5, 0.6) is 0 Å². The Kier molecular flexibility index (Phi) is 4.40. The van der Waals surface area contributed by atoms with Crippen molar-refractivity contribution in [3.63, 3.8) is 0 Å². The first-order valence-corrected chi connectivity index (χ1v) is 6.47. The fourth-order valence-electron chi connectivity index (χ4n) is 1.97. The summed E-state index contributed by atoms with van der Waals surface area (Å²) in [5.74, 6) is 0. The second-order valence-corrected chi connectivity index (χ2v) is 5.00. The van der Waals surface area contributed by atoms with Crippen molar-refractivity contribution in [2.24, 2.45) is 5.73 Å². The van der Waals surface area contributed by atoms with Crippen molar-refractivity contribution in [3.05, 3.63) is 28.8 Å². The molecule has 4 nitrogen and oxygen atoms in total. The molecule has 1 aliphatic heterocycles. The van der Waals surface area contributed by atoms with Gasteiger partial charge in [-0.25, -0.2) is 0 Å². The molecule has 3 N–H and O–H groups in total. The number of aliphatic hydroxyl groups is 1. The second-order valence-electron chi connectivity index (χ2n) is 4.15. The number of aliphatic hydroxyl groups excluding tert-OH is 1. The molecule has 1 saturated heterocycles. The van der Waals surface area contributed by atoms with E-state index in [1.54, 1.807) is 6.07 Å². The van der Waals surface area contributed by atoms with Gasteiger partial charge in [0, 0.05) is 18.7 Å². The molecule has 1 aromatic rings. The van der Waals surface area contributed by atoms with Crippen LogP contribution < -0.4 is 10.6 Å². The van der Waals surface area contributed by atoms with Crippen LogP contribution in [0, 0.1) is 0 Å². The van der Waals surface area contributed by atoms with E-state index >= 15 is 0 Å². The van der Waals surface area contributed by atoms with E-state index in [-0.39, 0.29) is 12.7 Å². The number of hydrogen-bond acceptors (Lipinski definition) is 4. The van der Waals surface area contributed by atoms with Crippen molar-refractivity contribution in [2.75, 3.05) is 31.2 Å². The average molecular weight is 287 g/mol. The highest BCUT2D eigenvalue weighted by Gasteiger charge is 2.21. The minimum Gasteiger partial charge on any atom is -0.394 e. The zero-order valence-corrected chi connectivity index (χ0v) is 11.4. The lowest BCUT2D eigenvalue weighted by Crippen LogP contribution is -2.44. The van der Waals surface area contributed by atoms with E-state index in [0.29, 0.717) is 23.2 Å².